The van der Waals surface area contributed by atoms with Crippen LogP contribution in [0.15, 0.2) is 42.3 Å². The number of nitrogens with zero attached hydrogens (tertiary/aromatic N) is 8. The Balaban J connectivity index is 1.19. The summed E-state index contributed by atoms with van der Waals surface area (Å²) in [5, 5.41) is 10.2. The normalized spacial score (nSPS) is 13.9. The summed E-state index contributed by atoms with van der Waals surface area (Å²) in [6.07, 6.45) is 5.81. The fourth-order valence-electron chi connectivity index (χ4n) is 3.77. The molecular weight excluding hydrogens is 457 g/mol. The molecule has 4 aromatic rings. The third-order valence-corrected chi connectivity index (χ3v) is 6.25. The Hall–Kier alpha value is -3.93. The fraction of sp³-hybridized carbons (Fsp3) is 0.273. The summed E-state index contributed by atoms with van der Waals surface area (Å²) in [6, 6.07) is 3.53. The maximum atomic E-state index is 13.0. The van der Waals surface area contributed by atoms with E-state index in [1.807, 2.05) is 30.4 Å². The molecule has 0 bridgehead atoms. The van der Waals surface area contributed by atoms with Crippen LogP contribution in [0.2, 0.25) is 0 Å². The summed E-state index contributed by atoms with van der Waals surface area (Å²) < 4.78 is 14.8. The maximum absolute atomic E-state index is 13.0. The maximum Gasteiger partial charge on any atom is 0.255 e. The molecule has 1 aliphatic heterocycles. The van der Waals surface area contributed by atoms with Crippen molar-refractivity contribution in [1.82, 2.24) is 34.6 Å². The number of carbonyl (C=O) groups excluding carboxylic acids is 1. The highest BCUT2D eigenvalue weighted by atomic mass is 32.1. The lowest BCUT2D eigenvalue weighted by atomic mass is 10.2. The molecule has 0 spiro atoms. The summed E-state index contributed by atoms with van der Waals surface area (Å²) in [6.45, 7) is 4.15. The van der Waals surface area contributed by atoms with Crippen LogP contribution in [-0.4, -0.2) is 66.7 Å². The van der Waals surface area contributed by atoms with Gasteiger partial charge in [-0.25, -0.2) is 24.3 Å². The average Bonchev–Trinajstić information content (AvgIpc) is 3.45. The van der Waals surface area contributed by atoms with E-state index in [0.717, 1.165) is 29.3 Å². The van der Waals surface area contributed by atoms with Crippen LogP contribution >= 0.6 is 11.3 Å². The summed E-state index contributed by atoms with van der Waals surface area (Å²) in [5.41, 5.74) is 3.29. The molecule has 1 amide bonds. The predicted octanol–water partition coefficient (Wildman–Crippen LogP) is 2.88. The topological polar surface area (TPSA) is 105 Å². The number of aryl methyl sites for hydroxylation is 2. The average molecular weight is 480 g/mol. The zero-order chi connectivity index (χ0) is 23.7. The molecule has 12 heteroatoms. The lowest BCUT2D eigenvalue weighted by molar-refractivity contribution is 0.0746. The van der Waals surface area contributed by atoms with Gasteiger partial charge in [-0.05, 0) is 19.1 Å². The summed E-state index contributed by atoms with van der Waals surface area (Å²) >= 11 is 1.48. The van der Waals surface area contributed by atoms with Gasteiger partial charge in [0.2, 0.25) is 5.95 Å². The van der Waals surface area contributed by atoms with Gasteiger partial charge in [-0.15, -0.1) is 11.3 Å². The largest absolute Gasteiger partial charge is 0.337 e. The van der Waals surface area contributed by atoms with Crippen molar-refractivity contribution in [2.45, 2.75) is 6.92 Å². The van der Waals surface area contributed by atoms with E-state index in [2.05, 4.69) is 30.4 Å². The third-order valence-electron chi connectivity index (χ3n) is 5.50. The Kier molecular flexibility index (Phi) is 5.88. The highest BCUT2D eigenvalue weighted by molar-refractivity contribution is 7.14. The smallest absolute Gasteiger partial charge is 0.255 e. The van der Waals surface area contributed by atoms with Crippen LogP contribution in [0.5, 0.6) is 0 Å². The lowest BCUT2D eigenvalue weighted by Crippen LogP contribution is -2.49. The molecule has 0 aromatic carbocycles. The van der Waals surface area contributed by atoms with E-state index in [1.54, 1.807) is 27.9 Å². The summed E-state index contributed by atoms with van der Waals surface area (Å²) in [4.78, 5) is 33.6. The van der Waals surface area contributed by atoms with Crippen LogP contribution in [0.4, 0.5) is 21.3 Å². The number of anilines is 3. The molecule has 34 heavy (non-hydrogen) atoms. The number of hydrogen-bond acceptors (Lipinski definition) is 9. The number of piperazine rings is 1. The van der Waals surface area contributed by atoms with Gasteiger partial charge in [-0.1, -0.05) is 0 Å². The van der Waals surface area contributed by atoms with Crippen LogP contribution < -0.4 is 10.2 Å². The molecule has 0 radical (unpaired) electrons. The van der Waals surface area contributed by atoms with Gasteiger partial charge in [0.25, 0.3) is 5.91 Å². The minimum atomic E-state index is -0.470. The van der Waals surface area contributed by atoms with E-state index in [1.165, 1.54) is 11.3 Å². The molecule has 5 heterocycles. The number of amides is 1. The Morgan fingerprint density at radius 2 is 1.85 bits per heavy atom. The zero-order valence-corrected chi connectivity index (χ0v) is 19.5. The molecule has 0 aliphatic carbocycles. The van der Waals surface area contributed by atoms with Crippen molar-refractivity contribution in [3.8, 4) is 11.3 Å². The number of aromatic nitrogens is 6. The molecule has 1 N–H and O–H groups in total. The van der Waals surface area contributed by atoms with Crippen LogP contribution in [0.25, 0.3) is 11.3 Å². The van der Waals surface area contributed by atoms with Gasteiger partial charge in [0, 0.05) is 56.6 Å². The van der Waals surface area contributed by atoms with E-state index in [-0.39, 0.29) is 5.91 Å². The molecule has 174 valence electrons. The molecule has 0 atom stereocenters. The van der Waals surface area contributed by atoms with Crippen LogP contribution in [0.1, 0.15) is 16.1 Å². The highest BCUT2D eigenvalue weighted by Gasteiger charge is 2.23. The van der Waals surface area contributed by atoms with Crippen molar-refractivity contribution in [2.24, 2.45) is 7.05 Å². The Morgan fingerprint density at radius 3 is 2.50 bits per heavy atom. The second kappa shape index (κ2) is 9.14. The van der Waals surface area contributed by atoms with Crippen molar-refractivity contribution in [3.63, 3.8) is 0 Å². The number of rotatable bonds is 5. The Morgan fingerprint density at radius 1 is 1.09 bits per heavy atom. The van der Waals surface area contributed by atoms with Gasteiger partial charge >= 0.3 is 0 Å². The van der Waals surface area contributed by atoms with Crippen LogP contribution in [-0.2, 0) is 7.05 Å². The van der Waals surface area contributed by atoms with Gasteiger partial charge < -0.3 is 15.1 Å². The molecule has 0 unspecified atom stereocenters. The Bertz CT molecular complexity index is 1290. The van der Waals surface area contributed by atoms with Gasteiger partial charge in [0.05, 0.1) is 29.3 Å². The second-order valence-corrected chi connectivity index (χ2v) is 8.74. The van der Waals surface area contributed by atoms with Crippen molar-refractivity contribution < 1.29 is 9.18 Å². The first-order valence-corrected chi connectivity index (χ1v) is 11.6. The molecule has 4 aromatic heterocycles. The first kappa shape index (κ1) is 21.9. The zero-order valence-electron chi connectivity index (χ0n) is 18.6. The Labute approximate surface area is 199 Å². The van der Waals surface area contributed by atoms with Crippen molar-refractivity contribution in [2.75, 3.05) is 36.4 Å². The molecule has 1 aliphatic rings. The van der Waals surface area contributed by atoms with Gasteiger partial charge in [-0.2, -0.15) is 5.10 Å². The summed E-state index contributed by atoms with van der Waals surface area (Å²) in [5.74, 6) is 0.525. The number of halogens is 1. The molecule has 5 rings (SSSR count). The van der Waals surface area contributed by atoms with E-state index in [9.17, 15) is 9.18 Å². The van der Waals surface area contributed by atoms with Crippen molar-refractivity contribution in [3.05, 3.63) is 59.4 Å². The molecule has 1 saturated heterocycles. The van der Waals surface area contributed by atoms with Crippen molar-refractivity contribution in [1.29, 1.82) is 0 Å². The number of nitrogens with one attached hydrogen (secondary N) is 1. The lowest BCUT2D eigenvalue weighted by Gasteiger charge is -2.34. The minimum Gasteiger partial charge on any atom is -0.337 e. The standard InChI is InChI=1S/C22H22FN9OS/c1-14-17(12-30(2)29-14)18-13-34-22(27-18)28-19-4-3-15(9-24-19)20(33)31-5-7-32(8-6-31)21-25-10-16(23)11-26-21/h3-4,9-13H,5-8H2,1-2H3,(H,24,27,28). The molecule has 1 fully saturated rings. The van der Waals surface area contributed by atoms with Gasteiger partial charge in [0.1, 0.15) is 5.82 Å². The van der Waals surface area contributed by atoms with Crippen molar-refractivity contribution >= 4 is 34.1 Å². The fourth-order valence-corrected chi connectivity index (χ4v) is 4.49. The number of carbonyl (C=O) groups is 1. The predicted molar refractivity (Wildman–Crippen MR) is 127 cm³/mol. The van der Waals surface area contributed by atoms with E-state index >= 15 is 0 Å². The van der Waals surface area contributed by atoms with Gasteiger partial charge in [-0.3, -0.25) is 9.48 Å². The van der Waals surface area contributed by atoms with Gasteiger partial charge in [0.15, 0.2) is 10.9 Å². The van der Waals surface area contributed by atoms with Crippen LogP contribution in [0, 0.1) is 12.7 Å². The molecule has 10 nitrogen and oxygen atoms in total. The third kappa shape index (κ3) is 4.57. The van der Waals surface area contributed by atoms with Crippen LogP contribution in [0.3, 0.4) is 0 Å². The number of hydrogen-bond donors (Lipinski definition) is 1. The highest BCUT2D eigenvalue weighted by Crippen LogP contribution is 2.28. The molecular formula is C22H22FN9OS. The number of pyridine rings is 1. The molecule has 0 saturated carbocycles. The summed E-state index contributed by atoms with van der Waals surface area (Å²) in [7, 11) is 1.88. The minimum absolute atomic E-state index is 0.0812. The van der Waals surface area contributed by atoms with E-state index in [0.29, 0.717) is 48.6 Å². The monoisotopic (exact) mass is 479 g/mol. The SMILES string of the molecule is Cc1nn(C)cc1-c1csc(Nc2ccc(C(=O)N3CCN(c4ncc(F)cn4)CC3)cn2)n1. The first-order valence-electron chi connectivity index (χ1n) is 10.7. The second-order valence-electron chi connectivity index (χ2n) is 7.88. The van der Waals surface area contributed by atoms with E-state index < -0.39 is 5.82 Å². The quantitative estimate of drug-likeness (QED) is 0.466. The first-order chi connectivity index (χ1) is 16.5. The van der Waals surface area contributed by atoms with E-state index in [4.69, 9.17) is 0 Å². The number of thiazole rings is 1.